The fraction of sp³-hybridized carbons (Fsp3) is 0.588. The number of aromatic nitrogens is 1. The lowest BCUT2D eigenvalue weighted by molar-refractivity contribution is -0.121. The van der Waals surface area contributed by atoms with Crippen molar-refractivity contribution < 1.29 is 9.59 Å². The van der Waals surface area contributed by atoms with E-state index < -0.39 is 0 Å². The van der Waals surface area contributed by atoms with Gasteiger partial charge >= 0.3 is 0 Å². The summed E-state index contributed by atoms with van der Waals surface area (Å²) in [5.74, 6) is 0.208. The molecule has 6 nitrogen and oxygen atoms in total. The van der Waals surface area contributed by atoms with Crippen molar-refractivity contribution in [2.24, 2.45) is 0 Å². The zero-order chi connectivity index (χ0) is 17.1. The highest BCUT2D eigenvalue weighted by atomic mass is 16.2. The monoisotopic (exact) mass is 318 g/mol. The number of amides is 2. The predicted octanol–water partition coefficient (Wildman–Crippen LogP) is 1.98. The quantitative estimate of drug-likeness (QED) is 0.922. The van der Waals surface area contributed by atoms with Crippen LogP contribution in [0.2, 0.25) is 0 Å². The van der Waals surface area contributed by atoms with E-state index >= 15 is 0 Å². The minimum atomic E-state index is -0.225. The summed E-state index contributed by atoms with van der Waals surface area (Å²) in [5, 5.41) is 2.83. The van der Waals surface area contributed by atoms with Crippen molar-refractivity contribution in [3.8, 4) is 0 Å². The normalized spacial score (nSPS) is 22.7. The number of pyridine rings is 1. The first-order valence-electron chi connectivity index (χ1n) is 8.07. The minimum Gasteiger partial charge on any atom is -0.345 e. The highest BCUT2D eigenvalue weighted by molar-refractivity contribution is 5.97. The molecule has 1 aliphatic rings. The molecule has 126 valence electrons. The van der Waals surface area contributed by atoms with Gasteiger partial charge in [0, 0.05) is 37.9 Å². The first-order valence-corrected chi connectivity index (χ1v) is 8.07. The van der Waals surface area contributed by atoms with Crippen LogP contribution in [0.25, 0.3) is 0 Å². The molecule has 0 unspecified atom stereocenters. The summed E-state index contributed by atoms with van der Waals surface area (Å²) in [6.45, 7) is 6.23. The average molecular weight is 318 g/mol. The molecule has 1 aromatic heterocycles. The van der Waals surface area contributed by atoms with E-state index in [0.29, 0.717) is 23.5 Å². The number of carbonyl (C=O) groups excluding carboxylic acids is 2. The van der Waals surface area contributed by atoms with Gasteiger partial charge in [0.2, 0.25) is 5.91 Å². The Morgan fingerprint density at radius 2 is 1.91 bits per heavy atom. The van der Waals surface area contributed by atoms with Crippen molar-refractivity contribution in [1.29, 1.82) is 0 Å². The second kappa shape index (κ2) is 7.08. The number of anilines is 1. The lowest BCUT2D eigenvalue weighted by Crippen LogP contribution is -2.47. The second-order valence-electron chi connectivity index (χ2n) is 6.52. The molecule has 6 heteroatoms. The fourth-order valence-electron chi connectivity index (χ4n) is 3.23. The number of nitrogens with zero attached hydrogens (tertiary/aromatic N) is 3. The van der Waals surface area contributed by atoms with Crippen LogP contribution in [0, 0.1) is 0 Å². The summed E-state index contributed by atoms with van der Waals surface area (Å²) in [5.41, 5.74) is 0.510. The lowest BCUT2D eigenvalue weighted by Gasteiger charge is -2.31. The molecule has 0 bridgehead atoms. The average Bonchev–Trinajstić information content (AvgIpc) is 2.84. The van der Waals surface area contributed by atoms with Crippen molar-refractivity contribution in [2.45, 2.75) is 51.7 Å². The van der Waals surface area contributed by atoms with E-state index in [1.165, 1.54) is 11.1 Å². The largest absolute Gasteiger partial charge is 0.345 e. The van der Waals surface area contributed by atoms with Gasteiger partial charge in [0.1, 0.15) is 5.82 Å². The zero-order valence-electron chi connectivity index (χ0n) is 14.5. The zero-order valence-corrected chi connectivity index (χ0v) is 14.5. The van der Waals surface area contributed by atoms with Gasteiger partial charge in [0.15, 0.2) is 0 Å². The maximum atomic E-state index is 12.5. The van der Waals surface area contributed by atoms with Gasteiger partial charge in [-0.1, -0.05) is 0 Å². The Hall–Kier alpha value is -1.95. The van der Waals surface area contributed by atoms with E-state index in [-0.39, 0.29) is 17.9 Å². The SMILES string of the molecule is C[C@@H]1CC[C@@H](C)N1[C@H](C)C(=O)Nc1cc(C(=O)N(C)C)ccn1. The molecular formula is C17H26N4O2. The summed E-state index contributed by atoms with van der Waals surface area (Å²) >= 11 is 0. The molecule has 2 amide bonds. The molecular weight excluding hydrogens is 292 g/mol. The van der Waals surface area contributed by atoms with Gasteiger partial charge in [0.25, 0.3) is 5.91 Å². The number of hydrogen-bond acceptors (Lipinski definition) is 4. The summed E-state index contributed by atoms with van der Waals surface area (Å²) in [6.07, 6.45) is 3.77. The Balaban J connectivity index is 2.08. The van der Waals surface area contributed by atoms with Crippen molar-refractivity contribution in [2.75, 3.05) is 19.4 Å². The van der Waals surface area contributed by atoms with Crippen LogP contribution < -0.4 is 5.32 Å². The first-order chi connectivity index (χ1) is 10.8. The van der Waals surface area contributed by atoms with E-state index in [2.05, 4.69) is 29.0 Å². The van der Waals surface area contributed by atoms with Crippen LogP contribution in [0.5, 0.6) is 0 Å². The van der Waals surface area contributed by atoms with Gasteiger partial charge in [-0.05, 0) is 45.7 Å². The van der Waals surface area contributed by atoms with Crippen LogP contribution in [0.3, 0.4) is 0 Å². The van der Waals surface area contributed by atoms with Crippen LogP contribution >= 0.6 is 0 Å². The van der Waals surface area contributed by atoms with E-state index in [0.717, 1.165) is 12.8 Å². The number of carbonyl (C=O) groups is 2. The molecule has 23 heavy (non-hydrogen) atoms. The van der Waals surface area contributed by atoms with Crippen molar-refractivity contribution in [3.05, 3.63) is 23.9 Å². The predicted molar refractivity (Wildman–Crippen MR) is 90.3 cm³/mol. The van der Waals surface area contributed by atoms with Gasteiger partial charge in [-0.2, -0.15) is 0 Å². The van der Waals surface area contributed by atoms with Gasteiger partial charge in [-0.15, -0.1) is 0 Å². The van der Waals surface area contributed by atoms with Crippen LogP contribution in [0.15, 0.2) is 18.3 Å². The molecule has 0 saturated carbocycles. The van der Waals surface area contributed by atoms with Crippen molar-refractivity contribution in [1.82, 2.24) is 14.8 Å². The third-order valence-corrected chi connectivity index (χ3v) is 4.51. The number of hydrogen-bond donors (Lipinski definition) is 1. The van der Waals surface area contributed by atoms with E-state index in [1.54, 1.807) is 26.2 Å². The molecule has 1 fully saturated rings. The molecule has 2 rings (SSSR count). The van der Waals surface area contributed by atoms with Crippen molar-refractivity contribution >= 4 is 17.6 Å². The molecule has 0 radical (unpaired) electrons. The van der Waals surface area contributed by atoms with Crippen LogP contribution in [0.4, 0.5) is 5.82 Å². The highest BCUT2D eigenvalue weighted by Crippen LogP contribution is 2.26. The first kappa shape index (κ1) is 17.4. The minimum absolute atomic E-state index is 0.0902. The van der Waals surface area contributed by atoms with Gasteiger partial charge in [-0.3, -0.25) is 14.5 Å². The standard InChI is InChI=1S/C17H26N4O2/c1-11-6-7-12(2)21(11)13(3)16(22)19-15-10-14(8-9-18-15)17(23)20(4)5/h8-13H,6-7H2,1-5H3,(H,18,19,22)/t11-,12-,13-/m1/s1. The summed E-state index contributed by atoms with van der Waals surface area (Å²) in [6, 6.07) is 3.84. The van der Waals surface area contributed by atoms with Gasteiger partial charge in [-0.25, -0.2) is 4.98 Å². The van der Waals surface area contributed by atoms with Crippen LogP contribution in [0.1, 0.15) is 44.0 Å². The molecule has 3 atom stereocenters. The maximum absolute atomic E-state index is 12.5. The Labute approximate surface area is 137 Å². The lowest BCUT2D eigenvalue weighted by atomic mass is 10.2. The molecule has 0 aromatic carbocycles. The Morgan fingerprint density at radius 3 is 2.48 bits per heavy atom. The van der Waals surface area contributed by atoms with Crippen LogP contribution in [-0.2, 0) is 4.79 Å². The molecule has 0 spiro atoms. The highest BCUT2D eigenvalue weighted by Gasteiger charge is 2.34. The summed E-state index contributed by atoms with van der Waals surface area (Å²) in [7, 11) is 3.39. The maximum Gasteiger partial charge on any atom is 0.253 e. The molecule has 1 saturated heterocycles. The fourth-order valence-corrected chi connectivity index (χ4v) is 3.23. The van der Waals surface area contributed by atoms with E-state index in [4.69, 9.17) is 0 Å². The van der Waals surface area contributed by atoms with Gasteiger partial charge < -0.3 is 10.2 Å². The second-order valence-corrected chi connectivity index (χ2v) is 6.52. The molecule has 1 aliphatic heterocycles. The number of likely N-dealkylation sites (tertiary alicyclic amines) is 1. The van der Waals surface area contributed by atoms with E-state index in [1.807, 2.05) is 6.92 Å². The smallest absolute Gasteiger partial charge is 0.253 e. The molecule has 1 N–H and O–H groups in total. The molecule has 2 heterocycles. The number of nitrogens with one attached hydrogen (secondary N) is 1. The Kier molecular flexibility index (Phi) is 5.36. The Bertz CT molecular complexity index is 578. The topological polar surface area (TPSA) is 65.5 Å². The summed E-state index contributed by atoms with van der Waals surface area (Å²) in [4.78, 5) is 32.4. The number of rotatable bonds is 4. The third kappa shape index (κ3) is 3.88. The Morgan fingerprint density at radius 1 is 1.30 bits per heavy atom. The molecule has 1 aromatic rings. The van der Waals surface area contributed by atoms with E-state index in [9.17, 15) is 9.59 Å². The van der Waals surface area contributed by atoms with Crippen molar-refractivity contribution in [3.63, 3.8) is 0 Å². The van der Waals surface area contributed by atoms with Crippen LogP contribution in [-0.4, -0.2) is 58.8 Å². The molecule has 0 aliphatic carbocycles. The third-order valence-electron chi connectivity index (χ3n) is 4.51. The summed E-state index contributed by atoms with van der Waals surface area (Å²) < 4.78 is 0. The van der Waals surface area contributed by atoms with Gasteiger partial charge in [0.05, 0.1) is 6.04 Å².